The van der Waals surface area contributed by atoms with E-state index in [1.807, 2.05) is 48.5 Å². The first-order valence-electron chi connectivity index (χ1n) is 6.37. The molecule has 0 aromatic heterocycles. The molecule has 110 valence electrons. The molecular formula is C16H10BrNO3S. The van der Waals surface area contributed by atoms with Gasteiger partial charge in [-0.05, 0) is 35.4 Å². The van der Waals surface area contributed by atoms with Gasteiger partial charge in [0.05, 0.1) is 0 Å². The standard InChI is InChI=1S/C16H10BrNO3S/c17-11-6-4-9(5-7-11)10-2-1-3-12(8-10)22-14-13(19)15(20)18-16(14)21/h1-8H,(H2,18,19,20,21). The normalized spacial score (nSPS) is 14.4. The van der Waals surface area contributed by atoms with Crippen molar-refractivity contribution in [3.63, 3.8) is 0 Å². The van der Waals surface area contributed by atoms with Crippen LogP contribution in [-0.2, 0) is 9.59 Å². The average molecular weight is 376 g/mol. The lowest BCUT2D eigenvalue weighted by Gasteiger charge is -2.05. The zero-order valence-corrected chi connectivity index (χ0v) is 13.6. The summed E-state index contributed by atoms with van der Waals surface area (Å²) in [6.07, 6.45) is 0. The molecule has 1 heterocycles. The maximum Gasteiger partial charge on any atom is 0.294 e. The maximum absolute atomic E-state index is 11.6. The van der Waals surface area contributed by atoms with Crippen LogP contribution in [0.5, 0.6) is 0 Å². The van der Waals surface area contributed by atoms with Crippen LogP contribution in [0.1, 0.15) is 0 Å². The van der Waals surface area contributed by atoms with Crippen LogP contribution < -0.4 is 5.32 Å². The van der Waals surface area contributed by atoms with E-state index >= 15 is 0 Å². The van der Waals surface area contributed by atoms with Crippen LogP contribution in [0.25, 0.3) is 11.1 Å². The van der Waals surface area contributed by atoms with Crippen molar-refractivity contribution < 1.29 is 14.7 Å². The summed E-state index contributed by atoms with van der Waals surface area (Å²) in [7, 11) is 0. The maximum atomic E-state index is 11.6. The Balaban J connectivity index is 1.90. The van der Waals surface area contributed by atoms with Gasteiger partial charge in [-0.2, -0.15) is 0 Å². The summed E-state index contributed by atoms with van der Waals surface area (Å²) in [6.45, 7) is 0. The van der Waals surface area contributed by atoms with E-state index in [0.29, 0.717) is 0 Å². The smallest absolute Gasteiger partial charge is 0.294 e. The molecule has 0 bridgehead atoms. The van der Waals surface area contributed by atoms with Crippen molar-refractivity contribution in [2.45, 2.75) is 4.90 Å². The molecule has 4 nitrogen and oxygen atoms in total. The van der Waals surface area contributed by atoms with Gasteiger partial charge in [-0.25, -0.2) is 0 Å². The van der Waals surface area contributed by atoms with Crippen LogP contribution in [0.4, 0.5) is 0 Å². The van der Waals surface area contributed by atoms with Gasteiger partial charge in [0.2, 0.25) is 5.76 Å². The minimum Gasteiger partial charge on any atom is -0.502 e. The summed E-state index contributed by atoms with van der Waals surface area (Å²) < 4.78 is 0.998. The molecule has 22 heavy (non-hydrogen) atoms. The number of hydrogen-bond acceptors (Lipinski definition) is 4. The molecule has 1 aliphatic rings. The molecule has 2 amide bonds. The highest BCUT2D eigenvalue weighted by atomic mass is 79.9. The number of hydrogen-bond donors (Lipinski definition) is 2. The number of halogens is 1. The largest absolute Gasteiger partial charge is 0.502 e. The molecule has 0 fully saturated rings. The van der Waals surface area contributed by atoms with E-state index in [0.717, 1.165) is 32.3 Å². The van der Waals surface area contributed by atoms with Gasteiger partial charge < -0.3 is 5.11 Å². The van der Waals surface area contributed by atoms with Gasteiger partial charge in [0.25, 0.3) is 11.8 Å². The zero-order chi connectivity index (χ0) is 15.7. The first-order chi connectivity index (χ1) is 10.5. The number of carbonyl (C=O) groups excluding carboxylic acids is 2. The minimum atomic E-state index is -0.753. The van der Waals surface area contributed by atoms with Crippen molar-refractivity contribution in [3.05, 3.63) is 63.7 Å². The minimum absolute atomic E-state index is 0.0259. The highest BCUT2D eigenvalue weighted by Crippen LogP contribution is 2.33. The molecule has 0 aliphatic carbocycles. The molecule has 2 aromatic carbocycles. The van der Waals surface area contributed by atoms with Crippen LogP contribution in [0.3, 0.4) is 0 Å². The Labute approximate surface area is 139 Å². The number of amides is 2. The zero-order valence-electron chi connectivity index (χ0n) is 11.2. The summed E-state index contributed by atoms with van der Waals surface area (Å²) in [5, 5.41) is 11.7. The highest BCUT2D eigenvalue weighted by Gasteiger charge is 2.30. The number of benzene rings is 2. The van der Waals surface area contributed by atoms with Crippen LogP contribution >= 0.6 is 27.7 Å². The van der Waals surface area contributed by atoms with E-state index in [1.54, 1.807) is 0 Å². The third kappa shape index (κ3) is 2.93. The van der Waals surface area contributed by atoms with Crippen LogP contribution in [0.2, 0.25) is 0 Å². The summed E-state index contributed by atoms with van der Waals surface area (Å²) in [5.74, 6) is -1.85. The van der Waals surface area contributed by atoms with E-state index < -0.39 is 17.6 Å². The number of imide groups is 1. The quantitative estimate of drug-likeness (QED) is 0.803. The lowest BCUT2D eigenvalue weighted by atomic mass is 10.1. The van der Waals surface area contributed by atoms with Gasteiger partial charge >= 0.3 is 0 Å². The third-order valence-electron chi connectivity index (χ3n) is 3.09. The first-order valence-corrected chi connectivity index (χ1v) is 7.98. The van der Waals surface area contributed by atoms with E-state index in [9.17, 15) is 14.7 Å². The third-order valence-corrected chi connectivity index (χ3v) is 4.70. The van der Waals surface area contributed by atoms with Crippen LogP contribution in [0.15, 0.2) is 68.6 Å². The van der Waals surface area contributed by atoms with Crippen LogP contribution in [0, 0.1) is 0 Å². The Kier molecular flexibility index (Phi) is 4.04. The van der Waals surface area contributed by atoms with Crippen molar-refractivity contribution in [2.24, 2.45) is 0 Å². The molecular weight excluding hydrogens is 366 g/mol. The van der Waals surface area contributed by atoms with Crippen molar-refractivity contribution >= 4 is 39.5 Å². The summed E-state index contributed by atoms with van der Waals surface area (Å²) in [4.78, 5) is 23.7. The van der Waals surface area contributed by atoms with Gasteiger partial charge in [-0.1, -0.05) is 52.0 Å². The SMILES string of the molecule is O=C1NC(=O)C(Sc2cccc(-c3ccc(Br)cc3)c2)=C1O. The molecule has 0 atom stereocenters. The Morgan fingerprint density at radius 3 is 2.32 bits per heavy atom. The molecule has 3 rings (SSSR count). The van der Waals surface area contributed by atoms with E-state index in [-0.39, 0.29) is 4.91 Å². The van der Waals surface area contributed by atoms with Crippen molar-refractivity contribution in [1.29, 1.82) is 0 Å². The molecule has 2 N–H and O–H groups in total. The number of thioether (sulfide) groups is 1. The Bertz CT molecular complexity index is 799. The van der Waals surface area contributed by atoms with E-state index in [1.165, 1.54) is 0 Å². The fourth-order valence-corrected chi connectivity index (χ4v) is 3.19. The van der Waals surface area contributed by atoms with Crippen molar-refractivity contribution in [2.75, 3.05) is 0 Å². The number of rotatable bonds is 3. The second kappa shape index (κ2) is 5.98. The number of carbonyl (C=O) groups is 2. The van der Waals surface area contributed by atoms with Gasteiger partial charge in [0, 0.05) is 9.37 Å². The monoisotopic (exact) mass is 375 g/mol. The Hall–Kier alpha value is -2.05. The molecule has 0 saturated carbocycles. The number of nitrogens with one attached hydrogen (secondary N) is 1. The van der Waals surface area contributed by atoms with Crippen molar-refractivity contribution in [1.82, 2.24) is 5.32 Å². The number of aliphatic hydroxyl groups is 1. The molecule has 0 saturated heterocycles. The molecule has 0 spiro atoms. The summed E-state index contributed by atoms with van der Waals surface area (Å²) >= 11 is 4.47. The highest BCUT2D eigenvalue weighted by molar-refractivity contribution is 9.10. The Morgan fingerprint density at radius 1 is 0.955 bits per heavy atom. The number of aliphatic hydroxyl groups excluding tert-OH is 1. The summed E-state index contributed by atoms with van der Waals surface area (Å²) in [5.41, 5.74) is 2.03. The van der Waals surface area contributed by atoms with Gasteiger partial charge in [-0.3, -0.25) is 14.9 Å². The van der Waals surface area contributed by atoms with E-state index in [4.69, 9.17) is 0 Å². The second-order valence-corrected chi connectivity index (χ2v) is 6.60. The predicted octanol–water partition coefficient (Wildman–Crippen LogP) is 3.63. The molecule has 2 aromatic rings. The van der Waals surface area contributed by atoms with Gasteiger partial charge in [-0.15, -0.1) is 0 Å². The topological polar surface area (TPSA) is 66.4 Å². The summed E-state index contributed by atoms with van der Waals surface area (Å²) in [6, 6.07) is 15.4. The Morgan fingerprint density at radius 2 is 1.68 bits per heavy atom. The second-order valence-electron chi connectivity index (χ2n) is 4.60. The molecule has 1 aliphatic heterocycles. The van der Waals surface area contributed by atoms with E-state index in [2.05, 4.69) is 21.2 Å². The van der Waals surface area contributed by atoms with Crippen LogP contribution in [-0.4, -0.2) is 16.9 Å². The van der Waals surface area contributed by atoms with Gasteiger partial charge in [0.1, 0.15) is 4.91 Å². The lowest BCUT2D eigenvalue weighted by molar-refractivity contribution is -0.124. The predicted molar refractivity (Wildman–Crippen MR) is 88.2 cm³/mol. The fourth-order valence-electron chi connectivity index (χ4n) is 2.02. The molecule has 0 radical (unpaired) electrons. The van der Waals surface area contributed by atoms with Crippen molar-refractivity contribution in [3.8, 4) is 11.1 Å². The first kappa shape index (κ1) is 14.9. The molecule has 6 heteroatoms. The fraction of sp³-hybridized carbons (Fsp3) is 0. The lowest BCUT2D eigenvalue weighted by Crippen LogP contribution is -2.22. The van der Waals surface area contributed by atoms with Gasteiger partial charge in [0.15, 0.2) is 0 Å². The average Bonchev–Trinajstić information content (AvgIpc) is 2.75. The molecule has 0 unspecified atom stereocenters.